The SMILES string of the molecule is O=C(NCc1cccnc1)c1c2c(nc3ccccc13)/C(=C\c1ccc3c(c1)OCO3)CC2. The molecule has 1 aliphatic carbocycles. The Hall–Kier alpha value is -4.19. The summed E-state index contributed by atoms with van der Waals surface area (Å²) in [5.74, 6) is 1.43. The summed E-state index contributed by atoms with van der Waals surface area (Å²) in [5, 5.41) is 3.95. The molecular weight excluding hydrogens is 414 g/mol. The number of nitrogens with zero attached hydrogens (tertiary/aromatic N) is 2. The molecule has 2 aliphatic rings. The van der Waals surface area contributed by atoms with Crippen molar-refractivity contribution in [1.29, 1.82) is 0 Å². The van der Waals surface area contributed by atoms with E-state index in [1.807, 2.05) is 54.6 Å². The van der Waals surface area contributed by atoms with E-state index in [-0.39, 0.29) is 12.7 Å². The monoisotopic (exact) mass is 435 g/mol. The van der Waals surface area contributed by atoms with Gasteiger partial charge in [-0.2, -0.15) is 0 Å². The Labute approximate surface area is 190 Å². The van der Waals surface area contributed by atoms with E-state index >= 15 is 0 Å². The van der Waals surface area contributed by atoms with Gasteiger partial charge >= 0.3 is 0 Å². The van der Waals surface area contributed by atoms with Gasteiger partial charge in [-0.05, 0) is 65.4 Å². The summed E-state index contributed by atoms with van der Waals surface area (Å²) in [4.78, 5) is 22.5. The van der Waals surface area contributed by atoms with Gasteiger partial charge in [-0.3, -0.25) is 9.78 Å². The molecule has 1 aliphatic heterocycles. The molecule has 0 saturated heterocycles. The maximum atomic E-state index is 13.4. The minimum absolute atomic E-state index is 0.0852. The normalized spacial score (nSPS) is 15.1. The maximum absolute atomic E-state index is 13.4. The molecule has 162 valence electrons. The third-order valence-electron chi connectivity index (χ3n) is 6.08. The molecule has 1 N–H and O–H groups in total. The van der Waals surface area contributed by atoms with Crippen molar-refractivity contribution in [2.24, 2.45) is 0 Å². The van der Waals surface area contributed by atoms with Crippen molar-refractivity contribution in [2.75, 3.05) is 6.79 Å². The van der Waals surface area contributed by atoms with Gasteiger partial charge in [-0.15, -0.1) is 0 Å². The van der Waals surface area contributed by atoms with Crippen molar-refractivity contribution < 1.29 is 14.3 Å². The zero-order valence-corrected chi connectivity index (χ0v) is 17.9. The molecule has 0 fully saturated rings. The number of para-hydroxylation sites is 1. The van der Waals surface area contributed by atoms with Crippen molar-refractivity contribution in [2.45, 2.75) is 19.4 Å². The molecule has 6 rings (SSSR count). The van der Waals surface area contributed by atoms with Crippen LogP contribution in [-0.2, 0) is 13.0 Å². The molecule has 0 bridgehead atoms. The minimum atomic E-state index is -0.0852. The van der Waals surface area contributed by atoms with Gasteiger partial charge in [0.15, 0.2) is 11.5 Å². The second-order valence-corrected chi connectivity index (χ2v) is 8.16. The van der Waals surface area contributed by atoms with E-state index in [4.69, 9.17) is 14.5 Å². The zero-order chi connectivity index (χ0) is 22.2. The van der Waals surface area contributed by atoms with Crippen molar-refractivity contribution in [3.63, 3.8) is 0 Å². The van der Waals surface area contributed by atoms with E-state index in [0.717, 1.165) is 63.2 Å². The first-order valence-corrected chi connectivity index (χ1v) is 11.0. The molecule has 6 heteroatoms. The summed E-state index contributed by atoms with van der Waals surface area (Å²) < 4.78 is 10.9. The largest absolute Gasteiger partial charge is 0.454 e. The lowest BCUT2D eigenvalue weighted by Crippen LogP contribution is -2.24. The summed E-state index contributed by atoms with van der Waals surface area (Å²) in [6.07, 6.45) is 7.23. The maximum Gasteiger partial charge on any atom is 0.252 e. The van der Waals surface area contributed by atoms with E-state index in [1.54, 1.807) is 12.4 Å². The lowest BCUT2D eigenvalue weighted by atomic mass is 9.99. The van der Waals surface area contributed by atoms with Crippen LogP contribution in [-0.4, -0.2) is 22.7 Å². The molecule has 0 atom stereocenters. The number of fused-ring (bicyclic) bond motifs is 3. The Balaban J connectivity index is 1.39. The molecule has 0 radical (unpaired) electrons. The van der Waals surface area contributed by atoms with Crippen molar-refractivity contribution >= 4 is 28.5 Å². The van der Waals surface area contributed by atoms with Crippen molar-refractivity contribution in [1.82, 2.24) is 15.3 Å². The third-order valence-corrected chi connectivity index (χ3v) is 6.08. The predicted molar refractivity (Wildman–Crippen MR) is 126 cm³/mol. The number of aromatic nitrogens is 2. The lowest BCUT2D eigenvalue weighted by Gasteiger charge is -2.13. The highest BCUT2D eigenvalue weighted by molar-refractivity contribution is 6.09. The second kappa shape index (κ2) is 8.06. The van der Waals surface area contributed by atoms with E-state index < -0.39 is 0 Å². The van der Waals surface area contributed by atoms with Crippen molar-refractivity contribution in [3.05, 3.63) is 94.9 Å². The number of hydrogen-bond acceptors (Lipinski definition) is 5. The Morgan fingerprint density at radius 1 is 1.03 bits per heavy atom. The van der Waals surface area contributed by atoms with Crippen LogP contribution in [0.3, 0.4) is 0 Å². The average Bonchev–Trinajstić information content (AvgIpc) is 3.48. The first kappa shape index (κ1) is 19.5. The van der Waals surface area contributed by atoms with Crippen LogP contribution >= 0.6 is 0 Å². The smallest absolute Gasteiger partial charge is 0.252 e. The third kappa shape index (κ3) is 3.59. The molecule has 4 aromatic rings. The standard InChI is InChI=1S/C27H21N3O3/c31-27(29-15-18-4-3-11-28-14-18)25-20-5-1-2-6-22(20)30-26-19(8-9-21(25)26)12-17-7-10-23-24(13-17)33-16-32-23/h1-7,10-14H,8-9,15-16H2,(H,29,31)/b19-12-. The second-order valence-electron chi connectivity index (χ2n) is 8.16. The summed E-state index contributed by atoms with van der Waals surface area (Å²) in [6.45, 7) is 0.682. The number of rotatable bonds is 4. The van der Waals surface area contributed by atoms with Gasteiger partial charge in [0.2, 0.25) is 6.79 Å². The lowest BCUT2D eigenvalue weighted by molar-refractivity contribution is 0.0951. The number of benzene rings is 2. The molecular formula is C27H21N3O3. The van der Waals surface area contributed by atoms with E-state index in [0.29, 0.717) is 12.1 Å². The number of ether oxygens (including phenoxy) is 2. The number of carbonyl (C=O) groups is 1. The Bertz CT molecular complexity index is 1410. The highest BCUT2D eigenvalue weighted by Gasteiger charge is 2.27. The molecule has 1 amide bonds. The summed E-state index contributed by atoms with van der Waals surface area (Å²) in [7, 11) is 0. The van der Waals surface area contributed by atoms with Crippen LogP contribution in [0.5, 0.6) is 11.5 Å². The number of hydrogen-bond donors (Lipinski definition) is 1. The van der Waals surface area contributed by atoms with E-state index in [9.17, 15) is 4.79 Å². The molecule has 0 saturated carbocycles. The molecule has 0 spiro atoms. The quantitative estimate of drug-likeness (QED) is 0.500. The number of amides is 1. The fourth-order valence-corrected chi connectivity index (χ4v) is 4.52. The van der Waals surface area contributed by atoms with Crippen LogP contribution in [0, 0.1) is 0 Å². The topological polar surface area (TPSA) is 73.3 Å². The molecule has 2 aromatic carbocycles. The van der Waals surface area contributed by atoms with Crippen molar-refractivity contribution in [3.8, 4) is 11.5 Å². The molecule has 6 nitrogen and oxygen atoms in total. The van der Waals surface area contributed by atoms with Crippen LogP contribution in [0.4, 0.5) is 0 Å². The molecule has 2 aromatic heterocycles. The highest BCUT2D eigenvalue weighted by atomic mass is 16.7. The van der Waals surface area contributed by atoms with Crippen LogP contribution in [0.1, 0.15) is 39.2 Å². The van der Waals surface area contributed by atoms with Gasteiger partial charge in [0, 0.05) is 24.3 Å². The fourth-order valence-electron chi connectivity index (χ4n) is 4.52. The van der Waals surface area contributed by atoms with Gasteiger partial charge < -0.3 is 14.8 Å². The van der Waals surface area contributed by atoms with E-state index in [2.05, 4.69) is 16.4 Å². The minimum Gasteiger partial charge on any atom is -0.454 e. The van der Waals surface area contributed by atoms with Crippen LogP contribution in [0.25, 0.3) is 22.6 Å². The first-order valence-electron chi connectivity index (χ1n) is 11.0. The van der Waals surface area contributed by atoms with Gasteiger partial charge in [0.05, 0.1) is 16.8 Å². The average molecular weight is 435 g/mol. The summed E-state index contributed by atoms with van der Waals surface area (Å²) in [6, 6.07) is 17.6. The summed E-state index contributed by atoms with van der Waals surface area (Å²) in [5.41, 5.74) is 6.55. The Kier molecular flexibility index (Phi) is 4.76. The van der Waals surface area contributed by atoms with Gasteiger partial charge in [0.25, 0.3) is 5.91 Å². The first-order chi connectivity index (χ1) is 16.3. The van der Waals surface area contributed by atoms with Gasteiger partial charge in [-0.1, -0.05) is 30.3 Å². The number of allylic oxidation sites excluding steroid dienone is 1. The Morgan fingerprint density at radius 3 is 2.85 bits per heavy atom. The van der Waals surface area contributed by atoms with Gasteiger partial charge in [-0.25, -0.2) is 4.98 Å². The highest BCUT2D eigenvalue weighted by Crippen LogP contribution is 2.39. The van der Waals surface area contributed by atoms with Crippen LogP contribution < -0.4 is 14.8 Å². The summed E-state index contributed by atoms with van der Waals surface area (Å²) >= 11 is 0. The zero-order valence-electron chi connectivity index (χ0n) is 17.9. The van der Waals surface area contributed by atoms with Crippen LogP contribution in [0.2, 0.25) is 0 Å². The van der Waals surface area contributed by atoms with Crippen LogP contribution in [0.15, 0.2) is 67.0 Å². The van der Waals surface area contributed by atoms with Gasteiger partial charge in [0.1, 0.15) is 0 Å². The molecule has 33 heavy (non-hydrogen) atoms. The molecule has 0 unspecified atom stereocenters. The number of carbonyl (C=O) groups excluding carboxylic acids is 1. The number of pyridine rings is 2. The predicted octanol–water partition coefficient (Wildman–Crippen LogP) is 4.78. The Morgan fingerprint density at radius 2 is 1.94 bits per heavy atom. The molecule has 3 heterocycles. The van der Waals surface area contributed by atoms with E-state index in [1.165, 1.54) is 0 Å². The number of nitrogens with one attached hydrogen (secondary N) is 1. The fraction of sp³-hybridized carbons (Fsp3) is 0.148.